The van der Waals surface area contributed by atoms with Gasteiger partial charge >= 0.3 is 0 Å². The first-order valence-corrected chi connectivity index (χ1v) is 11.9. The van der Waals surface area contributed by atoms with Gasteiger partial charge in [-0.05, 0) is 55.8 Å². The van der Waals surface area contributed by atoms with Crippen LogP contribution in [0.15, 0.2) is 89.1 Å². The van der Waals surface area contributed by atoms with Crippen LogP contribution in [0.3, 0.4) is 0 Å². The number of halogens is 1. The molecule has 0 radical (unpaired) electrons. The molecule has 0 saturated carbocycles. The number of hydrogen-bond donors (Lipinski definition) is 2. The Morgan fingerprint density at radius 3 is 2.49 bits per heavy atom. The average molecular weight is 489 g/mol. The molecule has 9 heteroatoms. The highest BCUT2D eigenvalue weighted by atomic mass is 32.2. The summed E-state index contributed by atoms with van der Waals surface area (Å²) in [7, 11) is 0. The number of carbonyl (C=O) groups is 1. The molecule has 1 amide bonds. The molecular formula is C26H25FN6OS. The van der Waals surface area contributed by atoms with Crippen LogP contribution in [0, 0.1) is 12.7 Å². The Kier molecular flexibility index (Phi) is 7.89. The fourth-order valence-electron chi connectivity index (χ4n) is 3.20. The normalized spacial score (nSPS) is 12.0. The second-order valence-corrected chi connectivity index (χ2v) is 9.14. The van der Waals surface area contributed by atoms with Crippen molar-refractivity contribution in [2.24, 2.45) is 5.10 Å². The van der Waals surface area contributed by atoms with Crippen LogP contribution in [0.25, 0.3) is 5.69 Å². The number of amides is 1. The van der Waals surface area contributed by atoms with Gasteiger partial charge in [0, 0.05) is 11.4 Å². The third kappa shape index (κ3) is 6.54. The van der Waals surface area contributed by atoms with Crippen LogP contribution in [0.5, 0.6) is 0 Å². The molecule has 35 heavy (non-hydrogen) atoms. The number of carbonyl (C=O) groups excluding carboxylic acids is 1. The molecule has 0 aliphatic carbocycles. The SMILES string of the molecule is Cc1ccc(NCc2nnc(SC(C)C(=O)N/N=C\c3ccc(F)cc3)n2-c2ccccc2)cc1. The van der Waals surface area contributed by atoms with Crippen molar-refractivity contribution in [1.82, 2.24) is 20.2 Å². The van der Waals surface area contributed by atoms with Crippen molar-refractivity contribution in [1.29, 1.82) is 0 Å². The molecule has 1 aromatic heterocycles. The fraction of sp³-hybridized carbons (Fsp3) is 0.154. The van der Waals surface area contributed by atoms with E-state index in [1.165, 1.54) is 35.7 Å². The van der Waals surface area contributed by atoms with E-state index in [-0.39, 0.29) is 11.7 Å². The molecule has 4 aromatic rings. The molecule has 4 rings (SSSR count). The number of aromatic nitrogens is 3. The molecule has 2 N–H and O–H groups in total. The van der Waals surface area contributed by atoms with Crippen LogP contribution in [0.1, 0.15) is 23.9 Å². The molecule has 0 bridgehead atoms. The molecular weight excluding hydrogens is 463 g/mol. The summed E-state index contributed by atoms with van der Waals surface area (Å²) in [5, 5.41) is 16.2. The lowest BCUT2D eigenvalue weighted by Gasteiger charge is -2.13. The minimum absolute atomic E-state index is 0.282. The molecule has 1 unspecified atom stereocenters. The summed E-state index contributed by atoms with van der Waals surface area (Å²) in [6.45, 7) is 4.29. The van der Waals surface area contributed by atoms with Crippen molar-refractivity contribution in [3.63, 3.8) is 0 Å². The monoisotopic (exact) mass is 488 g/mol. The van der Waals surface area contributed by atoms with Crippen molar-refractivity contribution in [2.45, 2.75) is 30.8 Å². The molecule has 3 aromatic carbocycles. The van der Waals surface area contributed by atoms with Crippen LogP contribution in [0.4, 0.5) is 10.1 Å². The van der Waals surface area contributed by atoms with Gasteiger partial charge in [-0.2, -0.15) is 5.10 Å². The van der Waals surface area contributed by atoms with Crippen LogP contribution in [0.2, 0.25) is 0 Å². The highest BCUT2D eigenvalue weighted by molar-refractivity contribution is 8.00. The molecule has 7 nitrogen and oxygen atoms in total. The van der Waals surface area contributed by atoms with Crippen LogP contribution in [-0.4, -0.2) is 32.1 Å². The Balaban J connectivity index is 1.46. The standard InChI is InChI=1S/C26H25FN6OS/c1-18-8-14-22(15-9-18)28-17-24-30-32-26(33(24)23-6-4-3-5-7-23)35-19(2)25(34)31-29-16-20-10-12-21(27)13-11-20/h3-16,19,28H,17H2,1-2H3,(H,31,34)/b29-16-. The van der Waals surface area contributed by atoms with Gasteiger partial charge in [-0.15, -0.1) is 10.2 Å². The van der Waals surface area contributed by atoms with Crippen molar-refractivity contribution in [3.05, 3.63) is 102 Å². The van der Waals surface area contributed by atoms with E-state index in [4.69, 9.17) is 0 Å². The molecule has 1 heterocycles. The summed E-state index contributed by atoms with van der Waals surface area (Å²) in [5.41, 5.74) is 6.29. The Labute approximate surface area is 207 Å². The zero-order valence-corrected chi connectivity index (χ0v) is 20.2. The fourth-order valence-corrected chi connectivity index (χ4v) is 4.08. The van der Waals surface area contributed by atoms with Crippen LogP contribution in [-0.2, 0) is 11.3 Å². The van der Waals surface area contributed by atoms with E-state index < -0.39 is 5.25 Å². The van der Waals surface area contributed by atoms with Gasteiger partial charge < -0.3 is 5.32 Å². The summed E-state index contributed by atoms with van der Waals surface area (Å²) in [4.78, 5) is 12.6. The van der Waals surface area contributed by atoms with E-state index >= 15 is 0 Å². The minimum atomic E-state index is -0.482. The number of anilines is 1. The van der Waals surface area contributed by atoms with Crippen molar-refractivity contribution in [2.75, 3.05) is 5.32 Å². The molecule has 178 valence electrons. The Morgan fingerprint density at radius 2 is 1.77 bits per heavy atom. The second kappa shape index (κ2) is 11.4. The Hall–Kier alpha value is -3.98. The number of nitrogens with zero attached hydrogens (tertiary/aromatic N) is 4. The highest BCUT2D eigenvalue weighted by Crippen LogP contribution is 2.26. The predicted molar refractivity (Wildman–Crippen MR) is 137 cm³/mol. The van der Waals surface area contributed by atoms with Gasteiger partial charge in [-0.25, -0.2) is 9.82 Å². The lowest BCUT2D eigenvalue weighted by atomic mass is 10.2. The maximum Gasteiger partial charge on any atom is 0.253 e. The highest BCUT2D eigenvalue weighted by Gasteiger charge is 2.21. The number of hydrogen-bond acceptors (Lipinski definition) is 6. The summed E-state index contributed by atoms with van der Waals surface area (Å²) >= 11 is 1.29. The van der Waals surface area contributed by atoms with E-state index in [0.29, 0.717) is 17.3 Å². The molecule has 0 fully saturated rings. The number of thioether (sulfide) groups is 1. The van der Waals surface area contributed by atoms with Crippen molar-refractivity contribution >= 4 is 29.6 Å². The molecule has 0 aliphatic heterocycles. The van der Waals surface area contributed by atoms with Gasteiger partial charge in [0.15, 0.2) is 11.0 Å². The lowest BCUT2D eigenvalue weighted by Crippen LogP contribution is -2.27. The number of nitrogens with one attached hydrogen (secondary N) is 2. The first-order valence-electron chi connectivity index (χ1n) is 11.0. The third-order valence-electron chi connectivity index (χ3n) is 5.13. The summed E-state index contributed by atoms with van der Waals surface area (Å²) in [6.07, 6.45) is 1.47. The van der Waals surface area contributed by atoms with E-state index in [1.54, 1.807) is 19.1 Å². The third-order valence-corrected chi connectivity index (χ3v) is 6.17. The topological polar surface area (TPSA) is 84.2 Å². The van der Waals surface area contributed by atoms with E-state index in [2.05, 4.69) is 26.0 Å². The summed E-state index contributed by atoms with van der Waals surface area (Å²) in [5.74, 6) is 0.115. The number of hydrazone groups is 1. The molecule has 1 atom stereocenters. The van der Waals surface area contributed by atoms with Gasteiger partial charge in [0.25, 0.3) is 5.91 Å². The quantitative estimate of drug-likeness (QED) is 0.198. The number of aryl methyl sites for hydroxylation is 1. The van der Waals surface area contributed by atoms with Gasteiger partial charge in [0.05, 0.1) is 18.0 Å². The number of benzene rings is 3. The minimum Gasteiger partial charge on any atom is -0.378 e. The van der Waals surface area contributed by atoms with Gasteiger partial charge in [-0.3, -0.25) is 9.36 Å². The van der Waals surface area contributed by atoms with E-state index in [1.807, 2.05) is 66.1 Å². The Morgan fingerprint density at radius 1 is 1.06 bits per heavy atom. The van der Waals surface area contributed by atoms with Crippen LogP contribution >= 0.6 is 11.8 Å². The average Bonchev–Trinajstić information content (AvgIpc) is 3.27. The first kappa shape index (κ1) is 24.2. The second-order valence-electron chi connectivity index (χ2n) is 7.84. The van der Waals surface area contributed by atoms with Gasteiger partial charge in [0.2, 0.25) is 0 Å². The van der Waals surface area contributed by atoms with Crippen LogP contribution < -0.4 is 10.7 Å². The smallest absolute Gasteiger partial charge is 0.253 e. The zero-order valence-electron chi connectivity index (χ0n) is 19.4. The van der Waals surface area contributed by atoms with Gasteiger partial charge in [-0.1, -0.05) is 59.8 Å². The molecule has 0 saturated heterocycles. The number of para-hydroxylation sites is 1. The summed E-state index contributed by atoms with van der Waals surface area (Å²) < 4.78 is 15.0. The predicted octanol–water partition coefficient (Wildman–Crippen LogP) is 4.96. The molecule has 0 spiro atoms. The van der Waals surface area contributed by atoms with E-state index in [9.17, 15) is 9.18 Å². The maximum atomic E-state index is 13.0. The zero-order chi connectivity index (χ0) is 24.6. The van der Waals surface area contributed by atoms with Gasteiger partial charge in [0.1, 0.15) is 5.82 Å². The van der Waals surface area contributed by atoms with Crippen molar-refractivity contribution in [3.8, 4) is 5.69 Å². The lowest BCUT2D eigenvalue weighted by molar-refractivity contribution is -0.120. The Bertz CT molecular complexity index is 1290. The summed E-state index contributed by atoms with van der Waals surface area (Å²) in [6, 6.07) is 23.8. The van der Waals surface area contributed by atoms with Crippen molar-refractivity contribution < 1.29 is 9.18 Å². The maximum absolute atomic E-state index is 13.0. The van der Waals surface area contributed by atoms with E-state index in [0.717, 1.165) is 17.2 Å². The first-order chi connectivity index (χ1) is 17.0. The molecule has 0 aliphatic rings. The number of rotatable bonds is 9. The largest absolute Gasteiger partial charge is 0.378 e.